The topological polar surface area (TPSA) is 88.4 Å². The van der Waals surface area contributed by atoms with E-state index in [1.165, 1.54) is 6.08 Å². The summed E-state index contributed by atoms with van der Waals surface area (Å²) in [4.78, 5) is 24.7. The van der Waals surface area contributed by atoms with E-state index in [2.05, 4.69) is 5.32 Å². The number of para-hydroxylation sites is 1. The lowest BCUT2D eigenvalue weighted by molar-refractivity contribution is -0.112. The summed E-state index contributed by atoms with van der Waals surface area (Å²) >= 11 is 0. The number of amides is 1. The van der Waals surface area contributed by atoms with Gasteiger partial charge < -0.3 is 14.8 Å². The first kappa shape index (κ1) is 21.3. The van der Waals surface area contributed by atoms with Crippen LogP contribution in [0.1, 0.15) is 21.5 Å². The van der Waals surface area contributed by atoms with E-state index in [1.54, 1.807) is 61.7 Å². The molecule has 3 aromatic rings. The summed E-state index contributed by atoms with van der Waals surface area (Å²) in [5, 5.41) is 12.1. The second-order valence-electron chi connectivity index (χ2n) is 6.63. The quantitative estimate of drug-likeness (QED) is 0.273. The van der Waals surface area contributed by atoms with Gasteiger partial charge in [-0.25, -0.2) is 4.79 Å². The number of anilines is 1. The van der Waals surface area contributed by atoms with Crippen LogP contribution < -0.4 is 14.8 Å². The molecule has 3 aromatic carbocycles. The number of carbonyl (C=O) groups excluding carboxylic acids is 2. The van der Waals surface area contributed by atoms with Crippen LogP contribution in [0, 0.1) is 18.3 Å². The molecule has 0 aliphatic rings. The predicted octanol–water partition coefficient (Wildman–Crippen LogP) is 4.77. The molecule has 0 atom stereocenters. The zero-order valence-electron chi connectivity index (χ0n) is 17.1. The summed E-state index contributed by atoms with van der Waals surface area (Å²) in [6.45, 7) is 1.87. The van der Waals surface area contributed by atoms with Crippen molar-refractivity contribution < 1.29 is 19.1 Å². The molecule has 0 aliphatic carbocycles. The first-order chi connectivity index (χ1) is 15.0. The largest absolute Gasteiger partial charge is 0.497 e. The van der Waals surface area contributed by atoms with Crippen molar-refractivity contribution in [1.82, 2.24) is 0 Å². The fourth-order valence-electron chi connectivity index (χ4n) is 2.74. The molecule has 0 fully saturated rings. The van der Waals surface area contributed by atoms with Gasteiger partial charge in [0.05, 0.1) is 12.7 Å². The maximum atomic E-state index is 12.4. The Morgan fingerprint density at radius 2 is 1.58 bits per heavy atom. The number of rotatable bonds is 6. The SMILES string of the molecule is COc1ccc(C(=O)Oc2ccc(/C=C(/C#N)C(=O)Nc3ccccc3C)cc2)cc1. The van der Waals surface area contributed by atoms with Gasteiger partial charge in [0, 0.05) is 5.69 Å². The Labute approximate surface area is 180 Å². The minimum absolute atomic E-state index is 0.0359. The Hall–Kier alpha value is -4.37. The standard InChI is InChI=1S/C25H20N2O4/c1-17-5-3-4-6-23(17)27-24(28)20(16-26)15-18-7-11-22(12-8-18)31-25(29)19-9-13-21(30-2)14-10-19/h3-15H,1-2H3,(H,27,28)/b20-15-. The zero-order valence-corrected chi connectivity index (χ0v) is 17.1. The molecule has 0 saturated heterocycles. The second-order valence-corrected chi connectivity index (χ2v) is 6.63. The van der Waals surface area contributed by atoms with Gasteiger partial charge in [0.25, 0.3) is 5.91 Å². The summed E-state index contributed by atoms with van der Waals surface area (Å²) < 4.78 is 10.4. The Morgan fingerprint density at radius 3 is 2.19 bits per heavy atom. The van der Waals surface area contributed by atoms with E-state index >= 15 is 0 Å². The molecule has 1 amide bonds. The molecule has 31 heavy (non-hydrogen) atoms. The molecule has 0 saturated carbocycles. The fourth-order valence-corrected chi connectivity index (χ4v) is 2.74. The van der Waals surface area contributed by atoms with Gasteiger partial charge in [-0.15, -0.1) is 0 Å². The summed E-state index contributed by atoms with van der Waals surface area (Å²) in [5.74, 6) is 0.00126. The van der Waals surface area contributed by atoms with E-state index in [0.717, 1.165) is 5.56 Å². The smallest absolute Gasteiger partial charge is 0.343 e. The minimum Gasteiger partial charge on any atom is -0.497 e. The highest BCUT2D eigenvalue weighted by Crippen LogP contribution is 2.19. The van der Waals surface area contributed by atoms with Gasteiger partial charge >= 0.3 is 5.97 Å². The van der Waals surface area contributed by atoms with Gasteiger partial charge in [-0.05, 0) is 66.6 Å². The monoisotopic (exact) mass is 412 g/mol. The number of hydrogen-bond acceptors (Lipinski definition) is 5. The van der Waals surface area contributed by atoms with Gasteiger partial charge in [-0.2, -0.15) is 5.26 Å². The predicted molar refractivity (Wildman–Crippen MR) is 118 cm³/mol. The Kier molecular flexibility index (Phi) is 6.82. The van der Waals surface area contributed by atoms with Crippen molar-refractivity contribution in [2.75, 3.05) is 12.4 Å². The van der Waals surface area contributed by atoms with Crippen LogP contribution >= 0.6 is 0 Å². The fraction of sp³-hybridized carbons (Fsp3) is 0.0800. The molecule has 1 N–H and O–H groups in total. The maximum Gasteiger partial charge on any atom is 0.343 e. The van der Waals surface area contributed by atoms with E-state index in [-0.39, 0.29) is 5.57 Å². The molecular formula is C25H20N2O4. The molecule has 3 rings (SSSR count). The van der Waals surface area contributed by atoms with Gasteiger partial charge in [0.2, 0.25) is 0 Å². The number of aryl methyl sites for hydroxylation is 1. The first-order valence-corrected chi connectivity index (χ1v) is 9.45. The molecule has 0 spiro atoms. The molecule has 0 aliphatic heterocycles. The number of nitriles is 1. The second kappa shape index (κ2) is 9.90. The molecular weight excluding hydrogens is 392 g/mol. The Morgan fingerprint density at radius 1 is 0.935 bits per heavy atom. The average Bonchev–Trinajstić information content (AvgIpc) is 2.80. The van der Waals surface area contributed by atoms with Crippen molar-refractivity contribution in [2.45, 2.75) is 6.92 Å². The Balaban J connectivity index is 1.68. The number of carbonyl (C=O) groups is 2. The van der Waals surface area contributed by atoms with Crippen LogP contribution in [0.2, 0.25) is 0 Å². The number of nitrogens with zero attached hydrogens (tertiary/aromatic N) is 1. The van der Waals surface area contributed by atoms with Crippen molar-refractivity contribution in [3.63, 3.8) is 0 Å². The summed E-state index contributed by atoms with van der Waals surface area (Å²) in [6, 6.07) is 22.4. The summed E-state index contributed by atoms with van der Waals surface area (Å²) in [6.07, 6.45) is 1.47. The molecule has 0 bridgehead atoms. The minimum atomic E-state index is -0.499. The number of methoxy groups -OCH3 is 1. The van der Waals surface area contributed by atoms with Gasteiger partial charge in [-0.1, -0.05) is 30.3 Å². The van der Waals surface area contributed by atoms with Crippen LogP contribution in [0.3, 0.4) is 0 Å². The number of hydrogen-bond donors (Lipinski definition) is 1. The van der Waals surface area contributed by atoms with Crippen molar-refractivity contribution in [1.29, 1.82) is 5.26 Å². The van der Waals surface area contributed by atoms with Crippen molar-refractivity contribution in [2.24, 2.45) is 0 Å². The third-order valence-corrected chi connectivity index (χ3v) is 4.49. The molecule has 6 heteroatoms. The van der Waals surface area contributed by atoms with Crippen LogP contribution in [-0.2, 0) is 4.79 Å². The number of nitrogens with one attached hydrogen (secondary N) is 1. The maximum absolute atomic E-state index is 12.4. The van der Waals surface area contributed by atoms with Crippen molar-refractivity contribution in [3.05, 3.63) is 95.1 Å². The number of ether oxygens (including phenoxy) is 2. The van der Waals surface area contributed by atoms with E-state index in [4.69, 9.17) is 9.47 Å². The highest BCUT2D eigenvalue weighted by molar-refractivity contribution is 6.10. The third-order valence-electron chi connectivity index (χ3n) is 4.49. The van der Waals surface area contributed by atoms with Crippen molar-refractivity contribution >= 4 is 23.6 Å². The highest BCUT2D eigenvalue weighted by atomic mass is 16.5. The molecule has 154 valence electrons. The molecule has 0 radical (unpaired) electrons. The highest BCUT2D eigenvalue weighted by Gasteiger charge is 2.12. The zero-order chi connectivity index (χ0) is 22.2. The first-order valence-electron chi connectivity index (χ1n) is 9.45. The summed E-state index contributed by atoms with van der Waals surface area (Å²) in [5.41, 5.74) is 2.53. The molecule has 0 aromatic heterocycles. The van der Waals surface area contributed by atoms with E-state index in [9.17, 15) is 14.9 Å². The van der Waals surface area contributed by atoms with Crippen LogP contribution in [0.25, 0.3) is 6.08 Å². The van der Waals surface area contributed by atoms with Gasteiger partial charge in [0.15, 0.2) is 0 Å². The van der Waals surface area contributed by atoms with Crippen LogP contribution in [0.4, 0.5) is 5.69 Å². The van der Waals surface area contributed by atoms with Gasteiger partial charge in [0.1, 0.15) is 23.1 Å². The average molecular weight is 412 g/mol. The van der Waals surface area contributed by atoms with Crippen LogP contribution in [0.5, 0.6) is 11.5 Å². The number of esters is 1. The normalized spacial score (nSPS) is 10.7. The van der Waals surface area contributed by atoms with E-state index in [1.807, 2.05) is 31.2 Å². The lowest BCUT2D eigenvalue weighted by atomic mass is 10.1. The van der Waals surface area contributed by atoms with Crippen molar-refractivity contribution in [3.8, 4) is 17.6 Å². The lowest BCUT2D eigenvalue weighted by Crippen LogP contribution is -2.14. The lowest BCUT2D eigenvalue weighted by Gasteiger charge is -2.07. The van der Waals surface area contributed by atoms with Crippen LogP contribution in [0.15, 0.2) is 78.4 Å². The van der Waals surface area contributed by atoms with E-state index < -0.39 is 11.9 Å². The number of benzene rings is 3. The van der Waals surface area contributed by atoms with E-state index in [0.29, 0.717) is 28.3 Å². The van der Waals surface area contributed by atoms with Crippen LogP contribution in [-0.4, -0.2) is 19.0 Å². The molecule has 0 heterocycles. The third kappa shape index (κ3) is 5.58. The van der Waals surface area contributed by atoms with Gasteiger partial charge in [-0.3, -0.25) is 4.79 Å². The summed E-state index contributed by atoms with van der Waals surface area (Å²) in [7, 11) is 1.55. The molecule has 6 nitrogen and oxygen atoms in total. The Bertz CT molecular complexity index is 1160. The molecule has 0 unspecified atom stereocenters.